The number of amides is 1. The second kappa shape index (κ2) is 5.43. The number of carbonyl (C=O) groups excluding carboxylic acids is 3. The SMILES string of the molecule is O=C1C=CC(=O)C(CC(=O)NCC23CC4CC(CC(C4)C2)C3)=C1. The zero-order chi connectivity index (χ0) is 16.0. The predicted molar refractivity (Wildman–Crippen MR) is 85.5 cm³/mol. The van der Waals surface area contributed by atoms with E-state index < -0.39 is 0 Å². The fraction of sp³-hybridized carbons (Fsp3) is 0.632. The molecule has 23 heavy (non-hydrogen) atoms. The summed E-state index contributed by atoms with van der Waals surface area (Å²) < 4.78 is 0. The second-order valence-electron chi connectivity index (χ2n) is 8.14. The van der Waals surface area contributed by atoms with Crippen molar-refractivity contribution in [2.75, 3.05) is 6.54 Å². The molecule has 5 aliphatic rings. The first-order chi connectivity index (χ1) is 11.0. The molecule has 4 fully saturated rings. The van der Waals surface area contributed by atoms with Crippen LogP contribution in [0.4, 0.5) is 0 Å². The lowest BCUT2D eigenvalue weighted by molar-refractivity contribution is -0.123. The Kier molecular flexibility index (Phi) is 3.51. The lowest BCUT2D eigenvalue weighted by atomic mass is 9.49. The monoisotopic (exact) mass is 313 g/mol. The molecule has 4 bridgehead atoms. The summed E-state index contributed by atoms with van der Waals surface area (Å²) in [6.45, 7) is 0.737. The van der Waals surface area contributed by atoms with Gasteiger partial charge in [-0.1, -0.05) is 0 Å². The average Bonchev–Trinajstić information content (AvgIpc) is 2.48. The molecule has 5 rings (SSSR count). The van der Waals surface area contributed by atoms with Crippen LogP contribution in [0.1, 0.15) is 44.9 Å². The van der Waals surface area contributed by atoms with Gasteiger partial charge in [-0.05, 0) is 79.9 Å². The van der Waals surface area contributed by atoms with Gasteiger partial charge in [0.25, 0.3) is 0 Å². The van der Waals surface area contributed by atoms with Crippen molar-refractivity contribution < 1.29 is 14.4 Å². The summed E-state index contributed by atoms with van der Waals surface area (Å²) in [4.78, 5) is 35.3. The molecule has 0 saturated heterocycles. The maximum atomic E-state index is 12.2. The molecule has 0 spiro atoms. The van der Waals surface area contributed by atoms with E-state index >= 15 is 0 Å². The topological polar surface area (TPSA) is 63.2 Å². The van der Waals surface area contributed by atoms with Crippen molar-refractivity contribution in [3.05, 3.63) is 23.8 Å². The highest BCUT2D eigenvalue weighted by Crippen LogP contribution is 2.59. The molecule has 122 valence electrons. The molecule has 0 aliphatic heterocycles. The van der Waals surface area contributed by atoms with E-state index in [0.717, 1.165) is 24.3 Å². The van der Waals surface area contributed by atoms with Crippen LogP contribution in [-0.2, 0) is 14.4 Å². The van der Waals surface area contributed by atoms with Gasteiger partial charge in [-0.25, -0.2) is 0 Å². The van der Waals surface area contributed by atoms with Crippen LogP contribution in [0.15, 0.2) is 23.8 Å². The second-order valence-corrected chi connectivity index (χ2v) is 8.14. The lowest BCUT2D eigenvalue weighted by Crippen LogP contribution is -2.51. The van der Waals surface area contributed by atoms with E-state index in [-0.39, 0.29) is 23.9 Å². The van der Waals surface area contributed by atoms with Crippen LogP contribution >= 0.6 is 0 Å². The minimum absolute atomic E-state index is 0.0152. The molecule has 1 N–H and O–H groups in total. The third-order valence-electron chi connectivity index (χ3n) is 6.21. The van der Waals surface area contributed by atoms with E-state index in [1.807, 2.05) is 0 Å². The van der Waals surface area contributed by atoms with E-state index in [1.165, 1.54) is 56.8 Å². The minimum Gasteiger partial charge on any atom is -0.355 e. The van der Waals surface area contributed by atoms with Gasteiger partial charge in [0.05, 0.1) is 6.42 Å². The Morgan fingerprint density at radius 2 is 1.65 bits per heavy atom. The minimum atomic E-state index is -0.227. The number of rotatable bonds is 4. The molecular formula is C19H23NO3. The smallest absolute Gasteiger partial charge is 0.224 e. The third kappa shape index (κ3) is 2.91. The summed E-state index contributed by atoms with van der Waals surface area (Å²) >= 11 is 0. The van der Waals surface area contributed by atoms with Crippen LogP contribution in [-0.4, -0.2) is 24.0 Å². The van der Waals surface area contributed by atoms with E-state index in [1.54, 1.807) is 0 Å². The maximum absolute atomic E-state index is 12.2. The van der Waals surface area contributed by atoms with Gasteiger partial charge >= 0.3 is 0 Å². The summed E-state index contributed by atoms with van der Waals surface area (Å²) in [6.07, 6.45) is 11.7. The normalized spacial score (nSPS) is 37.9. The summed E-state index contributed by atoms with van der Waals surface area (Å²) in [6, 6.07) is 0. The first kappa shape index (κ1) is 14.9. The Bertz CT molecular complexity index is 593. The van der Waals surface area contributed by atoms with E-state index in [9.17, 15) is 14.4 Å². The first-order valence-electron chi connectivity index (χ1n) is 8.75. The van der Waals surface area contributed by atoms with Crippen molar-refractivity contribution in [1.82, 2.24) is 5.32 Å². The van der Waals surface area contributed by atoms with E-state index in [0.29, 0.717) is 11.0 Å². The van der Waals surface area contributed by atoms with Crippen LogP contribution in [0.25, 0.3) is 0 Å². The van der Waals surface area contributed by atoms with Crippen LogP contribution < -0.4 is 5.32 Å². The number of hydrogen-bond acceptors (Lipinski definition) is 3. The number of allylic oxidation sites excluding steroid dienone is 3. The molecule has 0 aromatic carbocycles. The van der Waals surface area contributed by atoms with Crippen molar-refractivity contribution in [2.45, 2.75) is 44.9 Å². The fourth-order valence-electron chi connectivity index (χ4n) is 5.72. The van der Waals surface area contributed by atoms with Gasteiger partial charge in [-0.3, -0.25) is 14.4 Å². The van der Waals surface area contributed by atoms with Crippen molar-refractivity contribution in [3.8, 4) is 0 Å². The van der Waals surface area contributed by atoms with E-state index in [2.05, 4.69) is 5.32 Å². The summed E-state index contributed by atoms with van der Waals surface area (Å²) in [5, 5.41) is 3.05. The standard InChI is InChI=1S/C19H23NO3/c21-16-1-2-17(22)15(6-16)7-18(23)20-11-19-8-12-3-13(9-19)5-14(4-12)10-19/h1-2,6,12-14H,3-5,7-11H2,(H,20,23). The van der Waals surface area contributed by atoms with Gasteiger partial charge in [0.2, 0.25) is 5.91 Å². The largest absolute Gasteiger partial charge is 0.355 e. The molecule has 0 heterocycles. The van der Waals surface area contributed by atoms with Crippen LogP contribution in [0.3, 0.4) is 0 Å². The Balaban J connectivity index is 1.35. The molecule has 0 atom stereocenters. The molecule has 0 unspecified atom stereocenters. The highest BCUT2D eigenvalue weighted by molar-refractivity contribution is 6.18. The summed E-state index contributed by atoms with van der Waals surface area (Å²) in [5.41, 5.74) is 0.603. The first-order valence-corrected chi connectivity index (χ1v) is 8.75. The number of hydrogen-bond donors (Lipinski definition) is 1. The zero-order valence-corrected chi connectivity index (χ0v) is 13.3. The molecule has 0 aromatic rings. The van der Waals surface area contributed by atoms with E-state index in [4.69, 9.17) is 0 Å². The van der Waals surface area contributed by atoms with Crippen LogP contribution in [0, 0.1) is 23.2 Å². The molecule has 0 radical (unpaired) electrons. The van der Waals surface area contributed by atoms with Crippen LogP contribution in [0.2, 0.25) is 0 Å². The lowest BCUT2D eigenvalue weighted by Gasteiger charge is -2.56. The van der Waals surface area contributed by atoms with Crippen LogP contribution in [0.5, 0.6) is 0 Å². The maximum Gasteiger partial charge on any atom is 0.224 e. The van der Waals surface area contributed by atoms with Gasteiger partial charge in [0.15, 0.2) is 11.6 Å². The number of nitrogens with one attached hydrogen (secondary N) is 1. The highest BCUT2D eigenvalue weighted by atomic mass is 16.2. The summed E-state index contributed by atoms with van der Waals surface area (Å²) in [7, 11) is 0. The Morgan fingerprint density at radius 1 is 1.04 bits per heavy atom. The zero-order valence-electron chi connectivity index (χ0n) is 13.3. The molecule has 4 saturated carbocycles. The van der Waals surface area contributed by atoms with Gasteiger partial charge in [0.1, 0.15) is 0 Å². The Labute approximate surface area is 136 Å². The number of carbonyl (C=O) groups is 3. The quantitative estimate of drug-likeness (QED) is 0.810. The highest BCUT2D eigenvalue weighted by Gasteiger charge is 2.50. The van der Waals surface area contributed by atoms with Gasteiger partial charge < -0.3 is 5.32 Å². The fourth-order valence-corrected chi connectivity index (χ4v) is 5.72. The molecule has 1 amide bonds. The molecule has 0 aromatic heterocycles. The molecule has 4 nitrogen and oxygen atoms in total. The third-order valence-corrected chi connectivity index (χ3v) is 6.21. The molecule has 4 heteroatoms. The van der Waals surface area contributed by atoms with Crippen molar-refractivity contribution in [1.29, 1.82) is 0 Å². The Hall–Kier alpha value is -1.71. The average molecular weight is 313 g/mol. The van der Waals surface area contributed by atoms with Gasteiger partial charge in [0, 0.05) is 12.1 Å². The molecule has 5 aliphatic carbocycles. The van der Waals surface area contributed by atoms with Crippen molar-refractivity contribution >= 4 is 17.5 Å². The van der Waals surface area contributed by atoms with Gasteiger partial charge in [-0.15, -0.1) is 0 Å². The van der Waals surface area contributed by atoms with Gasteiger partial charge in [-0.2, -0.15) is 0 Å². The van der Waals surface area contributed by atoms with Crippen molar-refractivity contribution in [2.24, 2.45) is 23.2 Å². The summed E-state index contributed by atoms with van der Waals surface area (Å²) in [5.74, 6) is 2.02. The Morgan fingerprint density at radius 3 is 2.26 bits per heavy atom. The predicted octanol–water partition coefficient (Wildman–Crippen LogP) is 2.34. The number of ketones is 2. The molecular weight excluding hydrogens is 290 g/mol. The van der Waals surface area contributed by atoms with Crippen molar-refractivity contribution in [3.63, 3.8) is 0 Å².